The molecule has 1 unspecified atom stereocenters. The van der Waals surface area contributed by atoms with Crippen LogP contribution in [-0.4, -0.2) is 70.4 Å². The summed E-state index contributed by atoms with van der Waals surface area (Å²) < 4.78 is 31.6. The molecule has 1 rings (SSSR count). The Labute approximate surface area is 121 Å². The Hall–Kier alpha value is -0.700. The highest BCUT2D eigenvalue weighted by molar-refractivity contribution is 7.86. The number of carbonyl (C=O) groups is 1. The fraction of sp³-hybridized carbons (Fsp3) is 0.917. The number of piperidine rings is 1. The normalized spacial score (nSPS) is 21.1. The maximum absolute atomic E-state index is 12.1. The van der Waals surface area contributed by atoms with Crippen molar-refractivity contribution >= 4 is 16.1 Å². The number of ether oxygens (including phenoxy) is 1. The van der Waals surface area contributed by atoms with Gasteiger partial charge in [-0.05, 0) is 19.3 Å². The Bertz CT molecular complexity index is 411. The summed E-state index contributed by atoms with van der Waals surface area (Å²) in [5, 5.41) is 2.83. The number of carbonyl (C=O) groups excluding carboxylic acids is 1. The second kappa shape index (κ2) is 7.92. The minimum Gasteiger partial charge on any atom is -0.385 e. The molecule has 1 amide bonds. The van der Waals surface area contributed by atoms with Gasteiger partial charge in [0.1, 0.15) is 0 Å². The topological polar surface area (TPSA) is 79.0 Å². The number of nitrogens with zero attached hydrogens (tertiary/aromatic N) is 2. The zero-order chi connectivity index (χ0) is 15.2. The van der Waals surface area contributed by atoms with Crippen molar-refractivity contribution in [1.29, 1.82) is 0 Å². The highest BCUT2D eigenvalue weighted by Crippen LogP contribution is 2.20. The fourth-order valence-corrected chi connectivity index (χ4v) is 3.36. The van der Waals surface area contributed by atoms with Crippen LogP contribution in [0.5, 0.6) is 0 Å². The third kappa shape index (κ3) is 4.69. The molecule has 118 valence electrons. The molecular weight excluding hydrogens is 282 g/mol. The summed E-state index contributed by atoms with van der Waals surface area (Å²) in [6.07, 6.45) is 2.20. The molecule has 0 saturated carbocycles. The molecule has 0 aliphatic carbocycles. The quantitative estimate of drug-likeness (QED) is 0.653. The van der Waals surface area contributed by atoms with E-state index in [1.54, 1.807) is 7.11 Å². The van der Waals surface area contributed by atoms with E-state index in [9.17, 15) is 13.2 Å². The molecule has 0 spiro atoms. The molecule has 1 N–H and O–H groups in total. The van der Waals surface area contributed by atoms with Crippen molar-refractivity contribution in [3.05, 3.63) is 0 Å². The molecule has 0 aromatic heterocycles. The van der Waals surface area contributed by atoms with Crippen molar-refractivity contribution in [2.45, 2.75) is 19.3 Å². The molecule has 8 heteroatoms. The van der Waals surface area contributed by atoms with E-state index in [0.717, 1.165) is 12.8 Å². The first-order valence-corrected chi connectivity index (χ1v) is 8.23. The molecule has 1 heterocycles. The zero-order valence-electron chi connectivity index (χ0n) is 12.5. The van der Waals surface area contributed by atoms with E-state index in [1.165, 1.54) is 22.7 Å². The van der Waals surface area contributed by atoms with Crippen LogP contribution in [0.3, 0.4) is 0 Å². The van der Waals surface area contributed by atoms with E-state index in [4.69, 9.17) is 4.74 Å². The lowest BCUT2D eigenvalue weighted by Gasteiger charge is -2.32. The molecule has 0 aromatic carbocycles. The van der Waals surface area contributed by atoms with Gasteiger partial charge in [0, 0.05) is 47.4 Å². The van der Waals surface area contributed by atoms with Gasteiger partial charge in [0.2, 0.25) is 5.91 Å². The summed E-state index contributed by atoms with van der Waals surface area (Å²) in [5.74, 6) is -0.333. The molecule has 1 aliphatic rings. The third-order valence-electron chi connectivity index (χ3n) is 3.37. The molecular formula is C12H25N3O4S. The maximum Gasteiger partial charge on any atom is 0.281 e. The van der Waals surface area contributed by atoms with Crippen molar-refractivity contribution < 1.29 is 17.9 Å². The summed E-state index contributed by atoms with van der Waals surface area (Å²) in [4.78, 5) is 12.0. The molecule has 1 saturated heterocycles. The lowest BCUT2D eigenvalue weighted by molar-refractivity contribution is -0.126. The number of rotatable bonds is 7. The molecule has 1 atom stereocenters. The number of amides is 1. The predicted octanol–water partition coefficient (Wildman–Crippen LogP) is -0.342. The number of hydrogen-bond donors (Lipinski definition) is 1. The van der Waals surface area contributed by atoms with E-state index in [0.29, 0.717) is 26.1 Å². The lowest BCUT2D eigenvalue weighted by atomic mass is 9.99. The van der Waals surface area contributed by atoms with Crippen LogP contribution in [0, 0.1) is 5.92 Å². The van der Waals surface area contributed by atoms with Crippen LogP contribution in [0.25, 0.3) is 0 Å². The molecule has 7 nitrogen and oxygen atoms in total. The minimum atomic E-state index is -3.43. The molecule has 1 aliphatic heterocycles. The Kier molecular flexibility index (Phi) is 6.87. The van der Waals surface area contributed by atoms with E-state index in [1.807, 2.05) is 0 Å². The van der Waals surface area contributed by atoms with E-state index in [2.05, 4.69) is 5.32 Å². The van der Waals surface area contributed by atoms with Crippen molar-refractivity contribution in [3.8, 4) is 0 Å². The number of methoxy groups -OCH3 is 1. The Morgan fingerprint density at radius 1 is 1.45 bits per heavy atom. The standard InChI is InChI=1S/C12H25N3O4S/c1-14(2)20(17,18)15-8-4-6-11(10-15)12(16)13-7-5-9-19-3/h11H,4-10H2,1-3H3,(H,13,16). The minimum absolute atomic E-state index is 0.0697. The first kappa shape index (κ1) is 17.4. The Morgan fingerprint density at radius 3 is 2.75 bits per heavy atom. The highest BCUT2D eigenvalue weighted by Gasteiger charge is 2.33. The van der Waals surface area contributed by atoms with Crippen LogP contribution in [0.15, 0.2) is 0 Å². The second-order valence-corrected chi connectivity index (χ2v) is 7.27. The van der Waals surface area contributed by atoms with Crippen molar-refractivity contribution in [2.24, 2.45) is 5.92 Å². The van der Waals surface area contributed by atoms with Crippen LogP contribution in [0.4, 0.5) is 0 Å². The summed E-state index contributed by atoms with van der Waals surface area (Å²) in [5.41, 5.74) is 0. The van der Waals surface area contributed by atoms with Gasteiger partial charge < -0.3 is 10.1 Å². The third-order valence-corrected chi connectivity index (χ3v) is 5.27. The van der Waals surface area contributed by atoms with Gasteiger partial charge in [0.25, 0.3) is 10.2 Å². The van der Waals surface area contributed by atoms with Crippen LogP contribution in [0.2, 0.25) is 0 Å². The van der Waals surface area contributed by atoms with Crippen molar-refractivity contribution in [1.82, 2.24) is 13.9 Å². The maximum atomic E-state index is 12.1. The molecule has 20 heavy (non-hydrogen) atoms. The van der Waals surface area contributed by atoms with Crippen molar-refractivity contribution in [2.75, 3.05) is 47.4 Å². The molecule has 0 aromatic rings. The monoisotopic (exact) mass is 307 g/mol. The molecule has 1 fully saturated rings. The van der Waals surface area contributed by atoms with Gasteiger partial charge >= 0.3 is 0 Å². The highest BCUT2D eigenvalue weighted by atomic mass is 32.2. The Balaban J connectivity index is 2.50. The van der Waals surface area contributed by atoms with Gasteiger partial charge in [0.15, 0.2) is 0 Å². The van der Waals surface area contributed by atoms with Crippen LogP contribution in [-0.2, 0) is 19.7 Å². The lowest BCUT2D eigenvalue weighted by Crippen LogP contribution is -2.48. The summed E-state index contributed by atoms with van der Waals surface area (Å²) >= 11 is 0. The van der Waals surface area contributed by atoms with Crippen LogP contribution < -0.4 is 5.32 Å². The zero-order valence-corrected chi connectivity index (χ0v) is 13.3. The average Bonchev–Trinajstić information content (AvgIpc) is 2.43. The largest absolute Gasteiger partial charge is 0.385 e. The first-order valence-electron chi connectivity index (χ1n) is 6.84. The summed E-state index contributed by atoms with van der Waals surface area (Å²) in [7, 11) is 1.20. The van der Waals surface area contributed by atoms with Gasteiger partial charge in [0.05, 0.1) is 5.92 Å². The van der Waals surface area contributed by atoms with Gasteiger partial charge in [-0.15, -0.1) is 0 Å². The van der Waals surface area contributed by atoms with Crippen LogP contribution in [0.1, 0.15) is 19.3 Å². The van der Waals surface area contributed by atoms with Gasteiger partial charge in [-0.3, -0.25) is 4.79 Å². The smallest absolute Gasteiger partial charge is 0.281 e. The number of nitrogens with one attached hydrogen (secondary N) is 1. The summed E-state index contributed by atoms with van der Waals surface area (Å²) in [6.45, 7) is 1.90. The van der Waals surface area contributed by atoms with Crippen molar-refractivity contribution in [3.63, 3.8) is 0 Å². The first-order chi connectivity index (χ1) is 9.39. The van der Waals surface area contributed by atoms with E-state index >= 15 is 0 Å². The van der Waals surface area contributed by atoms with E-state index < -0.39 is 10.2 Å². The molecule has 0 radical (unpaired) electrons. The van der Waals surface area contributed by atoms with Crippen LogP contribution >= 0.6 is 0 Å². The second-order valence-electron chi connectivity index (χ2n) is 5.12. The fourth-order valence-electron chi connectivity index (χ4n) is 2.17. The van der Waals surface area contributed by atoms with E-state index in [-0.39, 0.29) is 18.4 Å². The van der Waals surface area contributed by atoms with Gasteiger partial charge in [-0.2, -0.15) is 17.0 Å². The number of hydrogen-bond acceptors (Lipinski definition) is 4. The Morgan fingerprint density at radius 2 is 2.15 bits per heavy atom. The predicted molar refractivity (Wildman–Crippen MR) is 76.4 cm³/mol. The molecule has 0 bridgehead atoms. The summed E-state index contributed by atoms with van der Waals surface area (Å²) in [6, 6.07) is 0. The SMILES string of the molecule is COCCCNC(=O)C1CCCN(S(=O)(=O)N(C)C)C1. The van der Waals surface area contributed by atoms with Gasteiger partial charge in [-0.25, -0.2) is 0 Å². The van der Waals surface area contributed by atoms with Gasteiger partial charge in [-0.1, -0.05) is 0 Å². The average molecular weight is 307 g/mol.